The highest BCUT2D eigenvalue weighted by Gasteiger charge is 2.24. The van der Waals surface area contributed by atoms with Gasteiger partial charge in [-0.2, -0.15) is 4.98 Å². The lowest BCUT2D eigenvalue weighted by Gasteiger charge is -2.20. The molecule has 1 N–H and O–H groups in total. The zero-order valence-corrected chi connectivity index (χ0v) is 17.8. The number of hydrogen-bond donors (Lipinski definition) is 1. The maximum Gasteiger partial charge on any atom is 0.273 e. The van der Waals surface area contributed by atoms with Gasteiger partial charge in [-0.25, -0.2) is 4.52 Å². The predicted molar refractivity (Wildman–Crippen MR) is 117 cm³/mol. The summed E-state index contributed by atoms with van der Waals surface area (Å²) in [4.78, 5) is 29.4. The minimum absolute atomic E-state index is 0.0757. The van der Waals surface area contributed by atoms with E-state index in [0.717, 1.165) is 26.6 Å². The zero-order chi connectivity index (χ0) is 20.5. The maximum atomic E-state index is 13.2. The summed E-state index contributed by atoms with van der Waals surface area (Å²) in [5.74, 6) is -0.0757. The van der Waals surface area contributed by atoms with Crippen molar-refractivity contribution in [2.75, 3.05) is 0 Å². The average molecular weight is 453 g/mol. The largest absolute Gasteiger partial charge is 0.350 e. The van der Waals surface area contributed by atoms with Crippen LogP contribution in [0.15, 0.2) is 63.9 Å². The standard InChI is InChI=1S/C22H21BrN4O2/c1-3-18(22(29)24-13-15-7-6-8-16(23)12-15)27-19-10-5-4-9-17(19)21-25-20(28)11-14(2)26(21)27/h4-12,18H,3,13H2,1-2H3,(H,24,29). The molecule has 0 aliphatic heterocycles. The Morgan fingerprint density at radius 3 is 2.72 bits per heavy atom. The Morgan fingerprint density at radius 1 is 1.17 bits per heavy atom. The van der Waals surface area contributed by atoms with Gasteiger partial charge >= 0.3 is 0 Å². The van der Waals surface area contributed by atoms with E-state index in [1.807, 2.05) is 71.6 Å². The number of carbonyl (C=O) groups is 1. The topological polar surface area (TPSA) is 68.4 Å². The van der Waals surface area contributed by atoms with E-state index in [2.05, 4.69) is 26.2 Å². The quantitative estimate of drug-likeness (QED) is 0.497. The van der Waals surface area contributed by atoms with Crippen molar-refractivity contribution in [2.45, 2.75) is 32.9 Å². The summed E-state index contributed by atoms with van der Waals surface area (Å²) in [5, 5.41) is 3.90. The fourth-order valence-electron chi connectivity index (χ4n) is 3.74. The van der Waals surface area contributed by atoms with Gasteiger partial charge in [-0.15, -0.1) is 0 Å². The molecule has 148 valence electrons. The highest BCUT2D eigenvalue weighted by Crippen LogP contribution is 2.26. The average Bonchev–Trinajstić information content (AvgIpc) is 3.02. The van der Waals surface area contributed by atoms with E-state index < -0.39 is 6.04 Å². The van der Waals surface area contributed by atoms with E-state index in [4.69, 9.17) is 0 Å². The summed E-state index contributed by atoms with van der Waals surface area (Å²) in [6.45, 7) is 4.28. The maximum absolute atomic E-state index is 13.2. The third kappa shape index (κ3) is 3.58. The van der Waals surface area contributed by atoms with Gasteiger partial charge in [0.2, 0.25) is 5.91 Å². The highest BCUT2D eigenvalue weighted by molar-refractivity contribution is 9.10. The lowest BCUT2D eigenvalue weighted by atomic mass is 10.1. The number of fused-ring (bicyclic) bond motifs is 3. The van der Waals surface area contributed by atoms with Crippen molar-refractivity contribution in [3.05, 3.63) is 80.7 Å². The van der Waals surface area contributed by atoms with Gasteiger partial charge < -0.3 is 5.32 Å². The molecule has 4 rings (SSSR count). The number of carbonyl (C=O) groups excluding carboxylic acids is 1. The number of nitrogens with zero attached hydrogens (tertiary/aromatic N) is 3. The van der Waals surface area contributed by atoms with Gasteiger partial charge in [-0.3, -0.25) is 14.3 Å². The molecule has 0 bridgehead atoms. The van der Waals surface area contributed by atoms with Gasteiger partial charge in [0.05, 0.1) is 5.52 Å². The number of aryl methyl sites for hydroxylation is 1. The highest BCUT2D eigenvalue weighted by atomic mass is 79.9. The van der Waals surface area contributed by atoms with Crippen LogP contribution in [-0.4, -0.2) is 20.1 Å². The Labute approximate surface area is 176 Å². The first-order valence-electron chi connectivity index (χ1n) is 9.51. The fraction of sp³-hybridized carbons (Fsp3) is 0.227. The molecule has 0 aliphatic carbocycles. The van der Waals surface area contributed by atoms with Gasteiger partial charge in [-0.1, -0.05) is 47.1 Å². The molecule has 7 heteroatoms. The second kappa shape index (κ2) is 7.83. The van der Waals surface area contributed by atoms with Gasteiger partial charge in [0, 0.05) is 28.2 Å². The number of aromatic nitrogens is 3. The van der Waals surface area contributed by atoms with Crippen LogP contribution in [0.1, 0.15) is 30.6 Å². The molecule has 2 aromatic carbocycles. The van der Waals surface area contributed by atoms with Gasteiger partial charge in [0.15, 0.2) is 5.65 Å². The first-order valence-corrected chi connectivity index (χ1v) is 10.3. The van der Waals surface area contributed by atoms with E-state index >= 15 is 0 Å². The smallest absolute Gasteiger partial charge is 0.273 e. The Bertz CT molecular complexity index is 1280. The van der Waals surface area contributed by atoms with Crippen LogP contribution in [0.5, 0.6) is 0 Å². The monoisotopic (exact) mass is 452 g/mol. The summed E-state index contributed by atoms with van der Waals surface area (Å²) in [5.41, 5.74) is 2.93. The van der Waals surface area contributed by atoms with Gasteiger partial charge in [0.25, 0.3) is 5.56 Å². The third-order valence-corrected chi connectivity index (χ3v) is 5.52. The molecule has 0 saturated carbocycles. The van der Waals surface area contributed by atoms with E-state index in [-0.39, 0.29) is 11.5 Å². The molecule has 4 aromatic rings. The van der Waals surface area contributed by atoms with Crippen molar-refractivity contribution in [2.24, 2.45) is 0 Å². The molecule has 0 saturated heterocycles. The summed E-state index contributed by atoms with van der Waals surface area (Å²) >= 11 is 3.46. The Morgan fingerprint density at radius 2 is 1.97 bits per heavy atom. The molecule has 0 aliphatic rings. The van der Waals surface area contributed by atoms with Crippen LogP contribution in [-0.2, 0) is 11.3 Å². The molecule has 0 fully saturated rings. The lowest BCUT2D eigenvalue weighted by molar-refractivity contribution is -0.124. The van der Waals surface area contributed by atoms with Crippen molar-refractivity contribution in [3.63, 3.8) is 0 Å². The van der Waals surface area contributed by atoms with Crippen molar-refractivity contribution < 1.29 is 4.79 Å². The second-order valence-electron chi connectivity index (χ2n) is 7.00. The van der Waals surface area contributed by atoms with E-state index in [0.29, 0.717) is 18.6 Å². The number of halogens is 1. The second-order valence-corrected chi connectivity index (χ2v) is 7.92. The van der Waals surface area contributed by atoms with Crippen molar-refractivity contribution in [1.29, 1.82) is 0 Å². The summed E-state index contributed by atoms with van der Waals surface area (Å²) in [6, 6.07) is 16.6. The predicted octanol–water partition coefficient (Wildman–Crippen LogP) is 3.99. The van der Waals surface area contributed by atoms with Crippen LogP contribution in [0.25, 0.3) is 16.6 Å². The molecule has 6 nitrogen and oxygen atoms in total. The van der Waals surface area contributed by atoms with Crippen LogP contribution in [0.2, 0.25) is 0 Å². The normalized spacial score (nSPS) is 12.4. The molecule has 2 heterocycles. The Kier molecular flexibility index (Phi) is 5.24. The number of nitrogens with one attached hydrogen (secondary N) is 1. The summed E-state index contributed by atoms with van der Waals surface area (Å²) in [6.07, 6.45) is 0.601. The minimum atomic E-state index is -0.437. The van der Waals surface area contributed by atoms with Gasteiger partial charge in [0.1, 0.15) is 6.04 Å². The molecule has 0 spiro atoms. The molecule has 29 heavy (non-hydrogen) atoms. The van der Waals surface area contributed by atoms with Crippen molar-refractivity contribution in [3.8, 4) is 0 Å². The molecule has 1 amide bonds. The number of para-hydroxylation sites is 1. The Balaban J connectivity index is 1.78. The van der Waals surface area contributed by atoms with Crippen molar-refractivity contribution >= 4 is 38.4 Å². The van der Waals surface area contributed by atoms with Crippen LogP contribution in [0.4, 0.5) is 0 Å². The summed E-state index contributed by atoms with van der Waals surface area (Å²) < 4.78 is 4.80. The third-order valence-electron chi connectivity index (χ3n) is 5.03. The molecule has 1 atom stereocenters. The number of hydrogen-bond acceptors (Lipinski definition) is 3. The van der Waals surface area contributed by atoms with Crippen LogP contribution in [0, 0.1) is 6.92 Å². The van der Waals surface area contributed by atoms with Crippen LogP contribution >= 0.6 is 15.9 Å². The van der Waals surface area contributed by atoms with E-state index in [1.165, 1.54) is 6.07 Å². The fourth-order valence-corrected chi connectivity index (χ4v) is 4.18. The first-order chi connectivity index (χ1) is 14.0. The number of benzene rings is 2. The molecule has 1 unspecified atom stereocenters. The molecular weight excluding hydrogens is 432 g/mol. The lowest BCUT2D eigenvalue weighted by Crippen LogP contribution is -2.34. The molecule has 0 radical (unpaired) electrons. The first kappa shape index (κ1) is 19.4. The van der Waals surface area contributed by atoms with E-state index in [1.54, 1.807) is 0 Å². The minimum Gasteiger partial charge on any atom is -0.350 e. The van der Waals surface area contributed by atoms with Crippen LogP contribution < -0.4 is 10.9 Å². The van der Waals surface area contributed by atoms with Crippen molar-refractivity contribution in [1.82, 2.24) is 19.5 Å². The van der Waals surface area contributed by atoms with Crippen LogP contribution in [0.3, 0.4) is 0 Å². The van der Waals surface area contributed by atoms with Gasteiger partial charge in [-0.05, 0) is 43.2 Å². The Hall–Kier alpha value is -2.93. The molecule has 2 aromatic heterocycles. The number of rotatable bonds is 5. The summed E-state index contributed by atoms with van der Waals surface area (Å²) in [7, 11) is 0. The molecular formula is C22H21BrN4O2. The van der Waals surface area contributed by atoms with E-state index in [9.17, 15) is 9.59 Å². The zero-order valence-electron chi connectivity index (χ0n) is 16.2. The SMILES string of the molecule is CCC(C(=O)NCc1cccc(Br)c1)n1c2ccccc2c2nc(=O)cc(C)n21. The number of amides is 1.